The number of rotatable bonds is 17. The summed E-state index contributed by atoms with van der Waals surface area (Å²) in [6.07, 6.45) is 6.30. The first-order valence-electron chi connectivity index (χ1n) is 13.7. The Morgan fingerprint density at radius 2 is 1.62 bits per heavy atom. The molecule has 2 aromatic carbocycles. The topological polar surface area (TPSA) is 71.1 Å². The summed E-state index contributed by atoms with van der Waals surface area (Å²) in [7, 11) is -1.52. The van der Waals surface area contributed by atoms with Crippen molar-refractivity contribution in [3.8, 4) is 11.5 Å². The van der Waals surface area contributed by atoms with Gasteiger partial charge in [0.05, 0.1) is 6.61 Å². The number of carbonyl (C=O) groups excluding carboxylic acids is 2. The summed E-state index contributed by atoms with van der Waals surface area (Å²) in [4.78, 5) is 24.3. The first kappa shape index (κ1) is 30.4. The SMILES string of the molecule is CCCCC(CCCC)[SiH](C)Oc1ccc(OCc2ccccc2)c(CC(OC(C)=O)C(=O)OCC)c1. The van der Waals surface area contributed by atoms with E-state index in [4.69, 9.17) is 18.6 Å². The van der Waals surface area contributed by atoms with E-state index in [1.807, 2.05) is 48.5 Å². The Morgan fingerprint density at radius 3 is 2.22 bits per heavy atom. The Labute approximate surface area is 224 Å². The molecule has 0 aromatic heterocycles. The largest absolute Gasteiger partial charge is 0.546 e. The summed E-state index contributed by atoms with van der Waals surface area (Å²) in [5, 5.41) is 0. The van der Waals surface area contributed by atoms with Crippen LogP contribution in [0.15, 0.2) is 48.5 Å². The van der Waals surface area contributed by atoms with Crippen LogP contribution in [0.3, 0.4) is 0 Å². The number of ether oxygens (including phenoxy) is 3. The highest BCUT2D eigenvalue weighted by molar-refractivity contribution is 6.52. The third kappa shape index (κ3) is 11.0. The number of hydrogen-bond donors (Lipinski definition) is 0. The first-order chi connectivity index (χ1) is 17.9. The molecule has 0 heterocycles. The summed E-state index contributed by atoms with van der Waals surface area (Å²) >= 11 is 0. The van der Waals surface area contributed by atoms with Crippen molar-refractivity contribution in [1.82, 2.24) is 0 Å². The molecule has 2 atom stereocenters. The number of esters is 2. The monoisotopic (exact) mass is 528 g/mol. The van der Waals surface area contributed by atoms with Crippen LogP contribution in [0.4, 0.5) is 0 Å². The summed E-state index contributed by atoms with van der Waals surface area (Å²) in [5.74, 6) is 0.290. The van der Waals surface area contributed by atoms with Gasteiger partial charge in [0.2, 0.25) is 15.1 Å². The molecule has 0 bridgehead atoms. The minimum atomic E-state index is -1.52. The van der Waals surface area contributed by atoms with Crippen molar-refractivity contribution >= 4 is 21.0 Å². The molecule has 2 unspecified atom stereocenters. The minimum absolute atomic E-state index is 0.144. The van der Waals surface area contributed by atoms with Crippen molar-refractivity contribution in [3.05, 3.63) is 59.7 Å². The number of carbonyl (C=O) groups is 2. The fraction of sp³-hybridized carbons (Fsp3) is 0.533. The van der Waals surface area contributed by atoms with Crippen LogP contribution in [-0.4, -0.2) is 33.7 Å². The van der Waals surface area contributed by atoms with Gasteiger partial charge in [-0.3, -0.25) is 4.79 Å². The van der Waals surface area contributed by atoms with Crippen molar-refractivity contribution in [3.63, 3.8) is 0 Å². The van der Waals surface area contributed by atoms with Gasteiger partial charge in [0.25, 0.3) is 0 Å². The Morgan fingerprint density at radius 1 is 0.946 bits per heavy atom. The highest BCUT2D eigenvalue weighted by atomic mass is 28.3. The summed E-state index contributed by atoms with van der Waals surface area (Å²) in [6, 6.07) is 15.6. The second-order valence-electron chi connectivity index (χ2n) is 9.47. The Bertz CT molecular complexity index is 940. The van der Waals surface area contributed by atoms with Crippen LogP contribution in [0.1, 0.15) is 77.3 Å². The van der Waals surface area contributed by atoms with E-state index in [1.54, 1.807) is 6.92 Å². The van der Waals surface area contributed by atoms with Gasteiger partial charge in [-0.2, -0.15) is 0 Å². The van der Waals surface area contributed by atoms with Gasteiger partial charge >= 0.3 is 11.9 Å². The maximum atomic E-state index is 12.6. The highest BCUT2D eigenvalue weighted by Gasteiger charge is 2.26. The highest BCUT2D eigenvalue weighted by Crippen LogP contribution is 2.31. The van der Waals surface area contributed by atoms with Gasteiger partial charge in [-0.15, -0.1) is 0 Å². The van der Waals surface area contributed by atoms with Crippen molar-refractivity contribution in [2.45, 2.75) is 97.4 Å². The van der Waals surface area contributed by atoms with Crippen LogP contribution in [0.25, 0.3) is 0 Å². The molecule has 0 saturated heterocycles. The normalized spacial score (nSPS) is 12.6. The molecule has 0 aliphatic carbocycles. The van der Waals surface area contributed by atoms with Gasteiger partial charge in [0, 0.05) is 18.9 Å². The van der Waals surface area contributed by atoms with Crippen molar-refractivity contribution < 1.29 is 28.2 Å². The van der Waals surface area contributed by atoms with E-state index in [1.165, 1.54) is 45.4 Å². The van der Waals surface area contributed by atoms with E-state index in [2.05, 4.69) is 20.4 Å². The van der Waals surface area contributed by atoms with Gasteiger partial charge < -0.3 is 18.6 Å². The van der Waals surface area contributed by atoms with Gasteiger partial charge in [0.1, 0.15) is 18.1 Å². The predicted molar refractivity (Wildman–Crippen MR) is 150 cm³/mol. The minimum Gasteiger partial charge on any atom is -0.546 e. The lowest BCUT2D eigenvalue weighted by Crippen LogP contribution is -2.31. The smallest absolute Gasteiger partial charge is 0.347 e. The van der Waals surface area contributed by atoms with Gasteiger partial charge in [-0.25, -0.2) is 4.79 Å². The summed E-state index contributed by atoms with van der Waals surface area (Å²) in [6.45, 7) is 10.3. The van der Waals surface area contributed by atoms with Crippen molar-refractivity contribution in [1.29, 1.82) is 0 Å². The molecule has 6 nitrogen and oxygen atoms in total. The van der Waals surface area contributed by atoms with Crippen LogP contribution in [-0.2, 0) is 32.1 Å². The Kier molecular flexibility index (Phi) is 13.9. The van der Waals surface area contributed by atoms with E-state index >= 15 is 0 Å². The molecule has 0 N–H and O–H groups in total. The molecule has 0 radical (unpaired) electrons. The molecular formula is C30H44O6Si. The molecule has 0 aliphatic heterocycles. The molecule has 2 aromatic rings. The average Bonchev–Trinajstić information content (AvgIpc) is 2.88. The lowest BCUT2D eigenvalue weighted by Gasteiger charge is -2.25. The predicted octanol–water partition coefficient (Wildman–Crippen LogP) is 6.79. The third-order valence-electron chi connectivity index (χ3n) is 6.37. The number of hydrogen-bond acceptors (Lipinski definition) is 6. The molecule has 204 valence electrons. The van der Waals surface area contributed by atoms with Gasteiger partial charge in [0.15, 0.2) is 0 Å². The third-order valence-corrected chi connectivity index (χ3v) is 9.01. The quantitative estimate of drug-likeness (QED) is 0.166. The van der Waals surface area contributed by atoms with E-state index in [-0.39, 0.29) is 13.0 Å². The Hall–Kier alpha value is -2.80. The lowest BCUT2D eigenvalue weighted by atomic mass is 10.1. The van der Waals surface area contributed by atoms with Crippen molar-refractivity contribution in [2.75, 3.05) is 6.61 Å². The Balaban J connectivity index is 2.29. The molecule has 7 heteroatoms. The molecular weight excluding hydrogens is 484 g/mol. The summed E-state index contributed by atoms with van der Waals surface area (Å²) in [5.41, 5.74) is 2.39. The molecule has 37 heavy (non-hydrogen) atoms. The number of unbranched alkanes of at least 4 members (excludes halogenated alkanes) is 2. The van der Waals surface area contributed by atoms with E-state index in [0.29, 0.717) is 17.9 Å². The van der Waals surface area contributed by atoms with E-state index in [0.717, 1.165) is 16.9 Å². The maximum Gasteiger partial charge on any atom is 0.347 e. The van der Waals surface area contributed by atoms with Crippen LogP contribution in [0, 0.1) is 0 Å². The second-order valence-corrected chi connectivity index (χ2v) is 12.1. The standard InChI is InChI=1S/C30H44O6Si/c1-6-9-16-27(17-10-7-2)37(5)36-26-18-19-28(34-22-24-14-12-11-13-15-24)25(20-26)21-29(35-23(4)31)30(32)33-8-3/h11-15,18-20,27,29,37H,6-10,16-17,21-22H2,1-5H3. The van der Waals surface area contributed by atoms with Gasteiger partial charge in [-0.1, -0.05) is 69.9 Å². The van der Waals surface area contributed by atoms with E-state index < -0.39 is 27.1 Å². The summed E-state index contributed by atoms with van der Waals surface area (Å²) < 4.78 is 23.2. The second kappa shape index (κ2) is 16.8. The lowest BCUT2D eigenvalue weighted by molar-refractivity contribution is -0.166. The first-order valence-corrected chi connectivity index (χ1v) is 16.0. The fourth-order valence-corrected chi connectivity index (χ4v) is 6.51. The fourth-order valence-electron chi connectivity index (χ4n) is 4.33. The number of benzene rings is 2. The molecule has 0 amide bonds. The maximum absolute atomic E-state index is 12.6. The van der Waals surface area contributed by atoms with E-state index in [9.17, 15) is 9.59 Å². The van der Waals surface area contributed by atoms with Gasteiger partial charge in [-0.05, 0) is 55.6 Å². The van der Waals surface area contributed by atoms with Crippen LogP contribution < -0.4 is 9.16 Å². The molecule has 0 fully saturated rings. The zero-order valence-corrected chi connectivity index (χ0v) is 24.3. The molecule has 0 spiro atoms. The molecule has 2 rings (SSSR count). The molecule has 0 aliphatic rings. The molecule has 0 saturated carbocycles. The zero-order valence-electron chi connectivity index (χ0n) is 23.2. The average molecular weight is 529 g/mol. The van der Waals surface area contributed by atoms with Crippen molar-refractivity contribution in [2.24, 2.45) is 0 Å². The zero-order chi connectivity index (χ0) is 27.0. The van der Waals surface area contributed by atoms with Crippen LogP contribution >= 0.6 is 0 Å². The van der Waals surface area contributed by atoms with Crippen LogP contribution in [0.2, 0.25) is 12.1 Å². The van der Waals surface area contributed by atoms with Crippen LogP contribution in [0.5, 0.6) is 11.5 Å².